The van der Waals surface area contributed by atoms with Crippen LogP contribution in [0.5, 0.6) is 0 Å². The van der Waals surface area contributed by atoms with Crippen molar-refractivity contribution in [1.82, 2.24) is 5.01 Å². The van der Waals surface area contributed by atoms with Crippen molar-refractivity contribution in [2.75, 3.05) is 19.1 Å². The maximum Gasteiger partial charge on any atom is 0.446 e. The predicted molar refractivity (Wildman–Crippen MR) is 127 cm³/mol. The molecule has 0 aromatic heterocycles. The molecular weight excluding hydrogens is 539 g/mol. The summed E-state index contributed by atoms with van der Waals surface area (Å²) in [5.41, 5.74) is -5.01. The van der Waals surface area contributed by atoms with Crippen molar-refractivity contribution in [1.29, 1.82) is 0 Å². The van der Waals surface area contributed by atoms with Gasteiger partial charge in [-0.05, 0) is 60.6 Å². The number of rotatable bonds is 3. The third-order valence-electron chi connectivity index (χ3n) is 5.66. The van der Waals surface area contributed by atoms with Crippen molar-refractivity contribution in [2.24, 2.45) is 5.10 Å². The van der Waals surface area contributed by atoms with Gasteiger partial charge in [0.2, 0.25) is 5.60 Å². The number of ether oxygens (including phenoxy) is 3. The molecule has 1 aliphatic heterocycles. The average molecular weight is 558 g/mol. The lowest BCUT2D eigenvalue weighted by atomic mass is 9.97. The zero-order valence-electron chi connectivity index (χ0n) is 19.5. The minimum Gasteiger partial charge on any atom is -0.467 e. The van der Waals surface area contributed by atoms with E-state index in [9.17, 15) is 27.6 Å². The number of halogens is 4. The summed E-state index contributed by atoms with van der Waals surface area (Å²) < 4.78 is 53.8. The van der Waals surface area contributed by atoms with E-state index in [1.165, 1.54) is 14.0 Å². The number of hydrazone groups is 1. The van der Waals surface area contributed by atoms with Crippen LogP contribution in [-0.2, 0) is 25.4 Å². The number of hydrogen-bond acceptors (Lipinski definition) is 8. The zero-order valence-corrected chi connectivity index (χ0v) is 21.1. The topological polar surface area (TPSA) is 97.7 Å². The molecule has 0 radical (unpaired) electrons. The molecule has 2 atom stereocenters. The van der Waals surface area contributed by atoms with Gasteiger partial charge in [-0.1, -0.05) is 17.7 Å². The third kappa shape index (κ3) is 4.98. The Bertz CT molecular complexity index is 1290. The fraction of sp³-hybridized carbons (Fsp3) is 0.304. The maximum atomic E-state index is 13.6. The number of esters is 1. The first-order valence-corrected chi connectivity index (χ1v) is 11.8. The molecule has 2 aliphatic rings. The summed E-state index contributed by atoms with van der Waals surface area (Å²) in [5, 5.41) is 5.66. The second-order valence-corrected chi connectivity index (χ2v) is 9.51. The summed E-state index contributed by atoms with van der Waals surface area (Å²) in [7, 11) is 2.23. The molecule has 3 amide bonds. The highest BCUT2D eigenvalue weighted by atomic mass is 35.5. The molecule has 2 aromatic carbocycles. The van der Waals surface area contributed by atoms with Gasteiger partial charge in [0.15, 0.2) is 6.23 Å². The molecule has 2 aromatic rings. The van der Waals surface area contributed by atoms with E-state index in [-0.39, 0.29) is 34.5 Å². The van der Waals surface area contributed by atoms with Crippen LogP contribution in [-0.4, -0.2) is 60.4 Å². The highest BCUT2D eigenvalue weighted by Gasteiger charge is 2.57. The number of alkyl halides is 3. The average Bonchev–Trinajstić information content (AvgIpc) is 3.15. The number of hydrogen-bond donors (Lipinski definition) is 0. The van der Waals surface area contributed by atoms with Gasteiger partial charge in [-0.15, -0.1) is 0 Å². The number of urea groups is 1. The summed E-state index contributed by atoms with van der Waals surface area (Å²) in [6.07, 6.45) is -2.22. The van der Waals surface area contributed by atoms with E-state index >= 15 is 0 Å². The number of amides is 3. The minimum atomic E-state index is -4.51. The number of thioether (sulfide) groups is 1. The minimum absolute atomic E-state index is 0.0554. The molecule has 37 heavy (non-hydrogen) atoms. The molecule has 196 valence electrons. The largest absolute Gasteiger partial charge is 0.467 e. The van der Waals surface area contributed by atoms with Crippen LogP contribution in [0, 0.1) is 0 Å². The van der Waals surface area contributed by atoms with E-state index in [2.05, 4.69) is 5.10 Å². The second-order valence-electron chi connectivity index (χ2n) is 7.94. The number of imide groups is 1. The molecule has 0 saturated carbocycles. The number of carbonyl (C=O) groups is 3. The van der Waals surface area contributed by atoms with E-state index in [0.29, 0.717) is 21.0 Å². The van der Waals surface area contributed by atoms with Crippen LogP contribution < -0.4 is 4.90 Å². The Hall–Kier alpha value is -3.29. The number of nitrogens with zero attached hydrogens (tertiary/aromatic N) is 3. The van der Waals surface area contributed by atoms with Gasteiger partial charge < -0.3 is 14.2 Å². The SMILES string of the molecule is COC(=O)N(C(=O)N1N=C2c3ccc(Cl)cc3C[C@]2(C(=O)OC)OC1C)c1ccc(SC(F)(F)F)cc1. The van der Waals surface area contributed by atoms with E-state index < -0.39 is 35.4 Å². The molecule has 0 saturated heterocycles. The van der Waals surface area contributed by atoms with Crippen LogP contribution in [0.3, 0.4) is 0 Å². The van der Waals surface area contributed by atoms with Gasteiger partial charge in [0, 0.05) is 21.9 Å². The molecule has 0 spiro atoms. The fourth-order valence-corrected chi connectivity index (χ4v) is 4.87. The first kappa shape index (κ1) is 26.8. The maximum absolute atomic E-state index is 13.6. The summed E-state index contributed by atoms with van der Waals surface area (Å²) in [6.45, 7) is 1.44. The Kier molecular flexibility index (Phi) is 7.14. The summed E-state index contributed by atoms with van der Waals surface area (Å²) >= 11 is 5.77. The normalized spacial score (nSPS) is 20.5. The molecule has 9 nitrogen and oxygen atoms in total. The molecule has 0 bridgehead atoms. The summed E-state index contributed by atoms with van der Waals surface area (Å²) in [5.74, 6) is -0.736. The second kappa shape index (κ2) is 9.88. The lowest BCUT2D eigenvalue weighted by Gasteiger charge is -2.39. The van der Waals surface area contributed by atoms with Crippen LogP contribution in [0.15, 0.2) is 52.5 Å². The quantitative estimate of drug-likeness (QED) is 0.378. The molecular formula is C23H19ClF3N3O6S. The molecule has 1 unspecified atom stereocenters. The number of fused-ring (bicyclic) bond motifs is 3. The van der Waals surface area contributed by atoms with Gasteiger partial charge in [-0.25, -0.2) is 14.4 Å². The van der Waals surface area contributed by atoms with Crippen molar-refractivity contribution in [2.45, 2.75) is 35.6 Å². The van der Waals surface area contributed by atoms with E-state index in [4.69, 9.17) is 25.8 Å². The van der Waals surface area contributed by atoms with Gasteiger partial charge >= 0.3 is 23.6 Å². The highest BCUT2D eigenvalue weighted by Crippen LogP contribution is 2.41. The zero-order chi connectivity index (χ0) is 27.1. The van der Waals surface area contributed by atoms with Crippen LogP contribution in [0.1, 0.15) is 18.1 Å². The fourth-order valence-electron chi connectivity index (χ4n) is 4.14. The molecule has 0 N–H and O–H groups in total. The number of anilines is 1. The van der Waals surface area contributed by atoms with Crippen molar-refractivity contribution in [3.63, 3.8) is 0 Å². The predicted octanol–water partition coefficient (Wildman–Crippen LogP) is 5.20. The molecule has 1 aliphatic carbocycles. The Morgan fingerprint density at radius 1 is 1.16 bits per heavy atom. The number of benzene rings is 2. The third-order valence-corrected chi connectivity index (χ3v) is 6.63. The van der Waals surface area contributed by atoms with Crippen molar-refractivity contribution >= 4 is 52.9 Å². The lowest BCUT2D eigenvalue weighted by molar-refractivity contribution is -0.176. The van der Waals surface area contributed by atoms with Gasteiger partial charge in [-0.2, -0.15) is 28.2 Å². The molecule has 4 rings (SSSR count). The first-order valence-electron chi connectivity index (χ1n) is 10.6. The van der Waals surface area contributed by atoms with Crippen LogP contribution in [0.25, 0.3) is 0 Å². The Balaban J connectivity index is 1.75. The van der Waals surface area contributed by atoms with E-state index in [1.54, 1.807) is 18.2 Å². The van der Waals surface area contributed by atoms with E-state index in [0.717, 1.165) is 36.4 Å². The Morgan fingerprint density at radius 2 is 1.84 bits per heavy atom. The van der Waals surface area contributed by atoms with Crippen molar-refractivity contribution in [3.8, 4) is 0 Å². The van der Waals surface area contributed by atoms with Gasteiger partial charge in [0.1, 0.15) is 5.71 Å². The smallest absolute Gasteiger partial charge is 0.446 e. The van der Waals surface area contributed by atoms with E-state index in [1.807, 2.05) is 0 Å². The van der Waals surface area contributed by atoms with Gasteiger partial charge in [0.05, 0.1) is 19.9 Å². The Labute approximate surface area is 218 Å². The summed E-state index contributed by atoms with van der Waals surface area (Å²) in [4.78, 5) is 39.5. The standard InChI is InChI=1S/C23H19ClF3N3O6S/c1-12-30(20(32)29(21(33)35-3)15-5-7-16(8-6-15)37-23(25,26)27)28-18-17-9-4-14(24)10-13(17)11-22(18,36-12)19(31)34-2/h4-10,12H,11H2,1-3H3/t12?,22-/m0/s1. The molecule has 14 heteroatoms. The highest BCUT2D eigenvalue weighted by molar-refractivity contribution is 8.00. The van der Waals surface area contributed by atoms with Crippen LogP contribution in [0.2, 0.25) is 5.02 Å². The number of methoxy groups -OCH3 is 2. The monoisotopic (exact) mass is 557 g/mol. The van der Waals surface area contributed by atoms with Gasteiger partial charge in [-0.3, -0.25) is 0 Å². The van der Waals surface area contributed by atoms with Crippen LogP contribution >= 0.6 is 23.4 Å². The molecule has 1 heterocycles. The van der Waals surface area contributed by atoms with Crippen molar-refractivity contribution < 1.29 is 41.8 Å². The van der Waals surface area contributed by atoms with Gasteiger partial charge in [0.25, 0.3) is 0 Å². The Morgan fingerprint density at radius 3 is 2.43 bits per heavy atom. The number of carbonyl (C=O) groups excluding carboxylic acids is 3. The van der Waals surface area contributed by atoms with Crippen molar-refractivity contribution in [3.05, 3.63) is 58.6 Å². The first-order chi connectivity index (χ1) is 17.4. The summed E-state index contributed by atoms with van der Waals surface area (Å²) in [6, 6.07) is 8.37. The lowest BCUT2D eigenvalue weighted by Crippen LogP contribution is -2.60. The van der Waals surface area contributed by atoms with Crippen LogP contribution in [0.4, 0.5) is 28.4 Å². The molecule has 0 fully saturated rings.